The summed E-state index contributed by atoms with van der Waals surface area (Å²) in [4.78, 5) is 42.2. The second kappa shape index (κ2) is 12.8. The van der Waals surface area contributed by atoms with Crippen LogP contribution in [-0.4, -0.2) is 56.5 Å². The zero-order valence-corrected chi connectivity index (χ0v) is 20.0. The van der Waals surface area contributed by atoms with Crippen molar-refractivity contribution in [3.05, 3.63) is 60.2 Å². The summed E-state index contributed by atoms with van der Waals surface area (Å²) in [5, 5.41) is 32.4. The summed E-state index contributed by atoms with van der Waals surface area (Å²) >= 11 is 0. The summed E-state index contributed by atoms with van der Waals surface area (Å²) in [6.45, 7) is 1.85. The van der Waals surface area contributed by atoms with E-state index < -0.39 is 53.8 Å². The van der Waals surface area contributed by atoms with Crippen molar-refractivity contribution in [1.82, 2.24) is 5.06 Å². The Morgan fingerprint density at radius 1 is 1.11 bits per heavy atom. The van der Waals surface area contributed by atoms with Crippen LogP contribution in [-0.2, 0) is 25.6 Å². The summed E-state index contributed by atoms with van der Waals surface area (Å²) in [5.74, 6) is -4.05. The van der Waals surface area contributed by atoms with Crippen LogP contribution in [0.5, 0.6) is 0 Å². The van der Waals surface area contributed by atoms with Crippen LogP contribution in [0.3, 0.4) is 0 Å². The largest absolute Gasteiger partial charge is 0.393 e. The van der Waals surface area contributed by atoms with Crippen molar-refractivity contribution in [3.63, 3.8) is 0 Å². The Labute approximate surface area is 205 Å². The normalized spacial score (nSPS) is 26.7. The molecule has 190 valence electrons. The van der Waals surface area contributed by atoms with Gasteiger partial charge in [0.1, 0.15) is 0 Å². The number of aryl methyl sites for hydroxylation is 1. The number of nitrogens with zero attached hydrogens (tertiary/aromatic N) is 1. The summed E-state index contributed by atoms with van der Waals surface area (Å²) in [6, 6.07) is 9.78. The van der Waals surface area contributed by atoms with E-state index >= 15 is 0 Å². The lowest BCUT2D eigenvalue weighted by atomic mass is 9.79. The van der Waals surface area contributed by atoms with E-state index in [0.717, 1.165) is 5.56 Å². The molecule has 1 aliphatic heterocycles. The fourth-order valence-corrected chi connectivity index (χ4v) is 4.91. The van der Waals surface area contributed by atoms with E-state index in [1.165, 1.54) is 0 Å². The first-order chi connectivity index (χ1) is 16.8. The summed E-state index contributed by atoms with van der Waals surface area (Å²) < 4.78 is 0. The second-order valence-electron chi connectivity index (χ2n) is 9.25. The molecule has 35 heavy (non-hydrogen) atoms. The topological polar surface area (TPSA) is 124 Å². The molecule has 1 saturated carbocycles. The third kappa shape index (κ3) is 7.10. The Morgan fingerprint density at radius 2 is 1.80 bits per heavy atom. The maximum Gasteiger partial charge on any atom is 0.336 e. The summed E-state index contributed by atoms with van der Waals surface area (Å²) in [5.41, 5.74) is 1.10. The summed E-state index contributed by atoms with van der Waals surface area (Å²) in [6.07, 6.45) is 6.43. The van der Waals surface area contributed by atoms with Gasteiger partial charge in [-0.25, -0.2) is 4.79 Å². The van der Waals surface area contributed by atoms with Gasteiger partial charge in [-0.15, -0.1) is 5.06 Å². The zero-order chi connectivity index (χ0) is 25.4. The van der Waals surface area contributed by atoms with Crippen LogP contribution in [0.4, 0.5) is 0 Å². The molecule has 3 N–H and O–H groups in total. The predicted molar refractivity (Wildman–Crippen MR) is 128 cm³/mol. The number of imide groups is 1. The van der Waals surface area contributed by atoms with Crippen LogP contribution in [0.15, 0.2) is 54.6 Å². The maximum atomic E-state index is 13.1. The van der Waals surface area contributed by atoms with E-state index in [0.29, 0.717) is 30.7 Å². The van der Waals surface area contributed by atoms with E-state index in [-0.39, 0.29) is 19.3 Å². The lowest BCUT2D eigenvalue weighted by Gasteiger charge is -2.29. The van der Waals surface area contributed by atoms with E-state index in [1.807, 2.05) is 49.4 Å². The molecule has 3 rings (SSSR count). The molecule has 2 fully saturated rings. The average molecular weight is 486 g/mol. The Morgan fingerprint density at radius 3 is 2.46 bits per heavy atom. The van der Waals surface area contributed by atoms with Crippen LogP contribution < -0.4 is 0 Å². The molecule has 1 aliphatic carbocycles. The molecule has 0 radical (unpaired) electrons. The quantitative estimate of drug-likeness (QED) is 0.325. The number of allylic oxidation sites excluding steroid dienone is 2. The standard InChI is InChI=1S/C27H35NO7/c1-2-3-5-10-21(27(34)35-28-24(32)15-16-25(28)33)26-20(22(30)17-23(26)31)14-13-19(29)12-11-18-8-6-4-7-9-18/h2-4,6-9,13-14,19-23,26,29-31H,5,10-12,15-17H2,1H3/b3-2+,14-13+. The number of aliphatic hydroxyl groups excluding tert-OH is 3. The van der Waals surface area contributed by atoms with E-state index in [2.05, 4.69) is 0 Å². The molecule has 0 aromatic heterocycles. The molecule has 1 aromatic rings. The molecule has 0 spiro atoms. The highest BCUT2D eigenvalue weighted by Gasteiger charge is 2.48. The third-order valence-electron chi connectivity index (χ3n) is 6.78. The smallest absolute Gasteiger partial charge is 0.336 e. The van der Waals surface area contributed by atoms with Gasteiger partial charge in [0.25, 0.3) is 11.8 Å². The van der Waals surface area contributed by atoms with Gasteiger partial charge >= 0.3 is 5.97 Å². The Kier molecular flexibility index (Phi) is 9.77. The van der Waals surface area contributed by atoms with Crippen molar-refractivity contribution >= 4 is 17.8 Å². The number of hydrogen-bond donors (Lipinski definition) is 3. The molecular formula is C27H35NO7. The lowest BCUT2D eigenvalue weighted by Crippen LogP contribution is -2.40. The van der Waals surface area contributed by atoms with Gasteiger partial charge in [-0.05, 0) is 38.2 Å². The number of hydrogen-bond acceptors (Lipinski definition) is 7. The van der Waals surface area contributed by atoms with Crippen LogP contribution in [0.25, 0.3) is 0 Å². The Balaban J connectivity index is 1.73. The van der Waals surface area contributed by atoms with Crippen LogP contribution >= 0.6 is 0 Å². The van der Waals surface area contributed by atoms with Gasteiger partial charge < -0.3 is 20.2 Å². The lowest BCUT2D eigenvalue weighted by molar-refractivity contribution is -0.203. The molecule has 1 saturated heterocycles. The molecule has 8 heteroatoms. The van der Waals surface area contributed by atoms with E-state index in [4.69, 9.17) is 4.84 Å². The minimum atomic E-state index is -0.978. The number of hydroxylamine groups is 2. The number of amides is 2. The number of benzene rings is 1. The fraction of sp³-hybridized carbons (Fsp3) is 0.519. The molecule has 8 nitrogen and oxygen atoms in total. The van der Waals surface area contributed by atoms with Crippen LogP contribution in [0.1, 0.15) is 51.0 Å². The number of carbonyl (C=O) groups excluding carboxylic acids is 3. The molecule has 6 atom stereocenters. The number of aliphatic hydroxyl groups is 3. The van der Waals surface area contributed by atoms with Gasteiger partial charge in [0.05, 0.1) is 24.2 Å². The Bertz CT molecular complexity index is 913. The molecular weight excluding hydrogens is 450 g/mol. The van der Waals surface area contributed by atoms with Gasteiger partial charge in [-0.1, -0.05) is 54.6 Å². The third-order valence-corrected chi connectivity index (χ3v) is 6.78. The van der Waals surface area contributed by atoms with Gasteiger partial charge in [0.15, 0.2) is 0 Å². The molecule has 1 aromatic carbocycles. The molecule has 0 bridgehead atoms. The van der Waals surface area contributed by atoms with Crippen molar-refractivity contribution in [2.75, 3.05) is 0 Å². The van der Waals surface area contributed by atoms with Crippen molar-refractivity contribution in [2.24, 2.45) is 17.8 Å². The van der Waals surface area contributed by atoms with E-state index in [9.17, 15) is 29.7 Å². The van der Waals surface area contributed by atoms with Crippen molar-refractivity contribution < 1.29 is 34.5 Å². The van der Waals surface area contributed by atoms with Gasteiger partial charge in [-0.2, -0.15) is 0 Å². The monoisotopic (exact) mass is 485 g/mol. The van der Waals surface area contributed by atoms with E-state index in [1.54, 1.807) is 12.2 Å². The Hall–Kier alpha value is -2.81. The van der Waals surface area contributed by atoms with Gasteiger partial charge in [0, 0.05) is 31.1 Å². The first-order valence-corrected chi connectivity index (χ1v) is 12.3. The van der Waals surface area contributed by atoms with Crippen molar-refractivity contribution in [2.45, 2.75) is 70.2 Å². The first-order valence-electron chi connectivity index (χ1n) is 12.3. The molecule has 6 unspecified atom stereocenters. The maximum absolute atomic E-state index is 13.1. The SMILES string of the molecule is C/C=C/CCC(C(=O)ON1C(=O)CCC1=O)C1C(O)CC(O)C1/C=C/C(O)CCc1ccccc1. The van der Waals surface area contributed by atoms with Crippen molar-refractivity contribution in [1.29, 1.82) is 0 Å². The predicted octanol–water partition coefficient (Wildman–Crippen LogP) is 2.47. The zero-order valence-electron chi connectivity index (χ0n) is 20.0. The molecule has 2 aliphatic rings. The molecule has 2 amide bonds. The average Bonchev–Trinajstić information content (AvgIpc) is 3.31. The van der Waals surface area contributed by atoms with Gasteiger partial charge in [-0.3, -0.25) is 9.59 Å². The van der Waals surface area contributed by atoms with Gasteiger partial charge in [0.2, 0.25) is 0 Å². The highest BCUT2D eigenvalue weighted by molar-refractivity contribution is 6.01. The second-order valence-corrected chi connectivity index (χ2v) is 9.25. The highest BCUT2D eigenvalue weighted by Crippen LogP contribution is 2.41. The minimum Gasteiger partial charge on any atom is -0.393 e. The number of rotatable bonds is 11. The van der Waals surface area contributed by atoms with Crippen LogP contribution in [0, 0.1) is 17.8 Å². The van der Waals surface area contributed by atoms with Crippen LogP contribution in [0.2, 0.25) is 0 Å². The molecule has 1 heterocycles. The minimum absolute atomic E-state index is 0.00759. The fourth-order valence-electron chi connectivity index (χ4n) is 4.91. The van der Waals surface area contributed by atoms with Crippen molar-refractivity contribution in [3.8, 4) is 0 Å². The first kappa shape index (κ1) is 26.8. The number of carbonyl (C=O) groups is 3. The summed E-state index contributed by atoms with van der Waals surface area (Å²) in [7, 11) is 0. The highest BCUT2D eigenvalue weighted by atomic mass is 16.7.